The van der Waals surface area contributed by atoms with Crippen LogP contribution in [0.5, 0.6) is 0 Å². The normalized spacial score (nSPS) is 16.6. The molecule has 0 aliphatic carbocycles. The summed E-state index contributed by atoms with van der Waals surface area (Å²) in [6.45, 7) is 2.65. The Morgan fingerprint density at radius 3 is 2.48 bits per heavy atom. The van der Waals surface area contributed by atoms with Gasteiger partial charge in [-0.2, -0.15) is 0 Å². The average Bonchev–Trinajstić information content (AvgIpc) is 3.03. The summed E-state index contributed by atoms with van der Waals surface area (Å²) >= 11 is 0. The summed E-state index contributed by atoms with van der Waals surface area (Å²) in [6, 6.07) is 19.4. The Morgan fingerprint density at radius 2 is 1.78 bits per heavy atom. The molecule has 0 aromatic heterocycles. The van der Waals surface area contributed by atoms with Crippen LogP contribution < -0.4 is 15.5 Å². The molecule has 1 fully saturated rings. The Kier molecular flexibility index (Phi) is 6.44. The standard InChI is InChI=1S/C21H26N4O2/c1-24(15-17-8-4-2-5-9-17)13-12-22-21(27)23-18-14-20(26)25(16-18)19-10-6-3-7-11-19/h2-11,18H,12-16H2,1H3,(H2,22,23,27). The highest BCUT2D eigenvalue weighted by atomic mass is 16.2. The van der Waals surface area contributed by atoms with Crippen molar-refractivity contribution in [3.63, 3.8) is 0 Å². The van der Waals surface area contributed by atoms with Gasteiger partial charge in [-0.1, -0.05) is 48.5 Å². The molecular weight excluding hydrogens is 340 g/mol. The van der Waals surface area contributed by atoms with Crippen molar-refractivity contribution in [1.29, 1.82) is 0 Å². The fourth-order valence-corrected chi connectivity index (χ4v) is 3.23. The number of anilines is 1. The highest BCUT2D eigenvalue weighted by Crippen LogP contribution is 2.20. The van der Waals surface area contributed by atoms with Crippen molar-refractivity contribution >= 4 is 17.6 Å². The van der Waals surface area contributed by atoms with Crippen molar-refractivity contribution in [3.05, 3.63) is 66.2 Å². The first-order chi connectivity index (χ1) is 13.1. The number of rotatable bonds is 7. The van der Waals surface area contributed by atoms with Gasteiger partial charge < -0.3 is 20.4 Å². The van der Waals surface area contributed by atoms with Gasteiger partial charge in [0.1, 0.15) is 0 Å². The second kappa shape index (κ2) is 9.19. The fraction of sp³-hybridized carbons (Fsp3) is 0.333. The first kappa shape index (κ1) is 18.9. The Hall–Kier alpha value is -2.86. The van der Waals surface area contributed by atoms with Crippen LogP contribution in [-0.2, 0) is 11.3 Å². The fourth-order valence-electron chi connectivity index (χ4n) is 3.23. The molecule has 1 aliphatic rings. The Balaban J connectivity index is 1.38. The Labute approximate surface area is 160 Å². The highest BCUT2D eigenvalue weighted by molar-refractivity contribution is 5.96. The van der Waals surface area contributed by atoms with Crippen LogP contribution in [0.15, 0.2) is 60.7 Å². The van der Waals surface area contributed by atoms with Crippen LogP contribution in [0.1, 0.15) is 12.0 Å². The van der Waals surface area contributed by atoms with E-state index in [1.165, 1.54) is 5.56 Å². The average molecular weight is 366 g/mol. The van der Waals surface area contributed by atoms with Gasteiger partial charge in [0, 0.05) is 38.3 Å². The zero-order valence-corrected chi connectivity index (χ0v) is 15.6. The van der Waals surface area contributed by atoms with Crippen molar-refractivity contribution in [2.24, 2.45) is 0 Å². The lowest BCUT2D eigenvalue weighted by Crippen LogP contribution is -2.45. The van der Waals surface area contributed by atoms with Crippen LogP contribution in [0.25, 0.3) is 0 Å². The molecule has 3 rings (SSSR count). The predicted molar refractivity (Wildman–Crippen MR) is 107 cm³/mol. The van der Waals surface area contributed by atoms with Gasteiger partial charge in [0.25, 0.3) is 0 Å². The summed E-state index contributed by atoms with van der Waals surface area (Å²) in [4.78, 5) is 28.2. The maximum absolute atomic E-state index is 12.2. The molecule has 2 aromatic rings. The topological polar surface area (TPSA) is 64.7 Å². The minimum absolute atomic E-state index is 0.0362. The zero-order chi connectivity index (χ0) is 19.1. The van der Waals surface area contributed by atoms with E-state index >= 15 is 0 Å². The molecule has 0 spiro atoms. The number of amides is 3. The monoisotopic (exact) mass is 366 g/mol. The van der Waals surface area contributed by atoms with E-state index in [-0.39, 0.29) is 18.0 Å². The summed E-state index contributed by atoms with van der Waals surface area (Å²) in [5.41, 5.74) is 2.12. The molecule has 1 aliphatic heterocycles. The number of likely N-dealkylation sites (N-methyl/N-ethyl adjacent to an activating group) is 1. The molecule has 27 heavy (non-hydrogen) atoms. The summed E-state index contributed by atoms with van der Waals surface area (Å²) in [7, 11) is 2.03. The number of carbonyl (C=O) groups is 2. The third kappa shape index (κ3) is 5.56. The molecule has 1 saturated heterocycles. The molecule has 1 atom stereocenters. The van der Waals surface area contributed by atoms with Gasteiger partial charge in [0.05, 0.1) is 6.04 Å². The molecule has 6 nitrogen and oxygen atoms in total. The van der Waals surface area contributed by atoms with E-state index in [2.05, 4.69) is 27.7 Å². The molecule has 2 N–H and O–H groups in total. The van der Waals surface area contributed by atoms with Crippen molar-refractivity contribution in [2.45, 2.75) is 19.0 Å². The van der Waals surface area contributed by atoms with Crippen LogP contribution in [0.3, 0.4) is 0 Å². The van der Waals surface area contributed by atoms with Gasteiger partial charge in [-0.15, -0.1) is 0 Å². The summed E-state index contributed by atoms with van der Waals surface area (Å²) < 4.78 is 0. The predicted octanol–water partition coefficient (Wildman–Crippen LogP) is 2.22. The van der Waals surface area contributed by atoms with E-state index in [4.69, 9.17) is 0 Å². The first-order valence-corrected chi connectivity index (χ1v) is 9.24. The lowest BCUT2D eigenvalue weighted by atomic mass is 10.2. The second-order valence-corrected chi connectivity index (χ2v) is 6.86. The highest BCUT2D eigenvalue weighted by Gasteiger charge is 2.31. The van der Waals surface area contributed by atoms with Crippen LogP contribution in [0.2, 0.25) is 0 Å². The number of benzene rings is 2. The van der Waals surface area contributed by atoms with E-state index < -0.39 is 0 Å². The SMILES string of the molecule is CN(CCNC(=O)NC1CC(=O)N(c2ccccc2)C1)Cc1ccccc1. The third-order valence-corrected chi connectivity index (χ3v) is 4.60. The minimum Gasteiger partial charge on any atom is -0.337 e. The van der Waals surface area contributed by atoms with Crippen LogP contribution in [0, 0.1) is 0 Å². The van der Waals surface area contributed by atoms with Crippen LogP contribution in [-0.4, -0.2) is 49.6 Å². The van der Waals surface area contributed by atoms with Gasteiger partial charge >= 0.3 is 6.03 Å². The molecule has 3 amide bonds. The quantitative estimate of drug-likeness (QED) is 0.790. The Morgan fingerprint density at radius 1 is 1.11 bits per heavy atom. The van der Waals surface area contributed by atoms with Crippen LogP contribution >= 0.6 is 0 Å². The molecule has 1 unspecified atom stereocenters. The van der Waals surface area contributed by atoms with Gasteiger partial charge in [-0.3, -0.25) is 4.79 Å². The lowest BCUT2D eigenvalue weighted by Gasteiger charge is -2.19. The van der Waals surface area contributed by atoms with E-state index in [9.17, 15) is 9.59 Å². The number of urea groups is 1. The van der Waals surface area contributed by atoms with Gasteiger partial charge in [0.2, 0.25) is 5.91 Å². The van der Waals surface area contributed by atoms with Gasteiger partial charge in [-0.05, 0) is 24.7 Å². The minimum atomic E-state index is -0.226. The molecule has 2 aromatic carbocycles. The van der Waals surface area contributed by atoms with E-state index in [0.29, 0.717) is 19.5 Å². The van der Waals surface area contributed by atoms with Gasteiger partial charge in [-0.25, -0.2) is 4.79 Å². The zero-order valence-electron chi connectivity index (χ0n) is 15.6. The smallest absolute Gasteiger partial charge is 0.315 e. The number of nitrogens with zero attached hydrogens (tertiary/aromatic N) is 2. The number of carbonyl (C=O) groups excluding carboxylic acids is 2. The molecule has 0 saturated carbocycles. The van der Waals surface area contributed by atoms with Crippen LogP contribution in [0.4, 0.5) is 10.5 Å². The lowest BCUT2D eigenvalue weighted by molar-refractivity contribution is -0.117. The molecule has 0 bridgehead atoms. The largest absolute Gasteiger partial charge is 0.337 e. The molecule has 0 radical (unpaired) electrons. The van der Waals surface area contributed by atoms with Gasteiger partial charge in [0.15, 0.2) is 0 Å². The van der Waals surface area contributed by atoms with Crippen molar-refractivity contribution in [2.75, 3.05) is 31.6 Å². The second-order valence-electron chi connectivity index (χ2n) is 6.86. The molecular formula is C21H26N4O2. The number of nitrogens with one attached hydrogen (secondary N) is 2. The van der Waals surface area contributed by atoms with Crippen molar-refractivity contribution in [1.82, 2.24) is 15.5 Å². The number of hydrogen-bond donors (Lipinski definition) is 2. The molecule has 6 heteroatoms. The summed E-state index contributed by atoms with van der Waals surface area (Å²) in [5.74, 6) is 0.0362. The van der Waals surface area contributed by atoms with Crippen molar-refractivity contribution < 1.29 is 9.59 Å². The summed E-state index contributed by atoms with van der Waals surface area (Å²) in [5, 5.41) is 5.78. The first-order valence-electron chi connectivity index (χ1n) is 9.24. The van der Waals surface area contributed by atoms with E-state index in [1.54, 1.807) is 4.90 Å². The Bertz CT molecular complexity index is 751. The van der Waals surface area contributed by atoms with Crippen molar-refractivity contribution in [3.8, 4) is 0 Å². The molecule has 1 heterocycles. The van der Waals surface area contributed by atoms with E-state index in [1.807, 2.05) is 55.6 Å². The summed E-state index contributed by atoms with van der Waals surface area (Å²) in [6.07, 6.45) is 0.330. The number of para-hydroxylation sites is 1. The molecule has 142 valence electrons. The third-order valence-electron chi connectivity index (χ3n) is 4.60. The maximum atomic E-state index is 12.2. The van der Waals surface area contributed by atoms with E-state index in [0.717, 1.165) is 18.8 Å². The maximum Gasteiger partial charge on any atom is 0.315 e. The number of hydrogen-bond acceptors (Lipinski definition) is 3.